The average molecular weight is 776 g/mol. The Hall–Kier alpha value is -3.65. The molecule has 1 aromatic carbocycles. The molecule has 3 heterocycles. The highest BCUT2D eigenvalue weighted by molar-refractivity contribution is 6.34. The monoisotopic (exact) mass is 775 g/mol. The molecule has 300 valence electrons. The van der Waals surface area contributed by atoms with Crippen LogP contribution in [0.2, 0.25) is 5.02 Å². The number of halogens is 1. The summed E-state index contributed by atoms with van der Waals surface area (Å²) >= 11 is 6.85. The summed E-state index contributed by atoms with van der Waals surface area (Å²) in [6, 6.07) is 2.79. The Morgan fingerprint density at radius 1 is 1.26 bits per heavy atom. The number of fused-ring (bicyclic) bond motifs is 5. The average Bonchev–Trinajstić information content (AvgIpc) is 3.80. The second-order valence-electron chi connectivity index (χ2n) is 16.4. The fourth-order valence-electron chi connectivity index (χ4n) is 7.33. The Kier molecular flexibility index (Phi) is 13.6. The van der Waals surface area contributed by atoms with E-state index in [-0.39, 0.29) is 30.7 Å². The van der Waals surface area contributed by atoms with Crippen molar-refractivity contribution in [2.45, 2.75) is 116 Å². The number of anilines is 1. The predicted molar refractivity (Wildman–Crippen MR) is 204 cm³/mol. The zero-order chi connectivity index (χ0) is 40.3. The molecule has 2 amide bonds. The molecule has 1 unspecified atom stereocenters. The van der Waals surface area contributed by atoms with E-state index in [1.807, 2.05) is 57.7 Å². The lowest BCUT2D eigenvalue weighted by molar-refractivity contribution is -0.164. The lowest BCUT2D eigenvalue weighted by Gasteiger charge is -2.42. The first-order valence-electron chi connectivity index (χ1n) is 18.4. The minimum absolute atomic E-state index is 0.0473. The molecule has 0 aromatic heterocycles. The van der Waals surface area contributed by atoms with E-state index in [4.69, 9.17) is 35.3 Å². The summed E-state index contributed by atoms with van der Waals surface area (Å²) in [4.78, 5) is 56.2. The molecule has 3 aliphatic rings. The fraction of sp³-hybridized carbons (Fsp3) is 0.650. The molecule has 9 atom stereocenters. The lowest BCUT2D eigenvalue weighted by Crippen LogP contribution is -2.63. The summed E-state index contributed by atoms with van der Waals surface area (Å²) in [6.07, 6.45) is 2.98. The highest BCUT2D eigenvalue weighted by atomic mass is 35.5. The number of aldehydes is 1. The van der Waals surface area contributed by atoms with Crippen molar-refractivity contribution >= 4 is 41.5 Å². The van der Waals surface area contributed by atoms with Gasteiger partial charge in [0.2, 0.25) is 5.91 Å². The highest BCUT2D eigenvalue weighted by Gasteiger charge is 2.65. The third kappa shape index (κ3) is 9.77. The maximum atomic E-state index is 13.9. The number of ether oxygens (including phenoxy) is 5. The number of nitrogens with one attached hydrogen (secondary N) is 1. The van der Waals surface area contributed by atoms with E-state index in [9.17, 15) is 24.3 Å². The lowest BCUT2D eigenvalue weighted by atomic mass is 9.81. The summed E-state index contributed by atoms with van der Waals surface area (Å²) < 4.78 is 29.6. The van der Waals surface area contributed by atoms with Crippen LogP contribution in [0.5, 0.6) is 5.75 Å². The van der Waals surface area contributed by atoms with Crippen molar-refractivity contribution in [3.05, 3.63) is 46.5 Å². The minimum atomic E-state index is -1.83. The molecule has 2 fully saturated rings. The maximum Gasteiger partial charge on any atom is 0.409 e. The minimum Gasteiger partial charge on any atom is -0.495 e. The fourth-order valence-corrected chi connectivity index (χ4v) is 7.66. The van der Waals surface area contributed by atoms with Gasteiger partial charge in [-0.05, 0) is 56.7 Å². The number of alkyl carbamates (subject to hydrolysis) is 1. The van der Waals surface area contributed by atoms with Crippen LogP contribution in [-0.4, -0.2) is 111 Å². The number of allylic oxidation sites excluding steroid dienone is 3. The van der Waals surface area contributed by atoms with Gasteiger partial charge in [0, 0.05) is 46.5 Å². The van der Waals surface area contributed by atoms with Crippen LogP contribution in [0, 0.1) is 17.3 Å². The zero-order valence-electron chi connectivity index (χ0n) is 33.4. The Morgan fingerprint density at radius 2 is 1.94 bits per heavy atom. The zero-order valence-corrected chi connectivity index (χ0v) is 34.2. The number of methoxy groups -OCH3 is 2. The molecule has 0 saturated carbocycles. The summed E-state index contributed by atoms with van der Waals surface area (Å²) in [5.41, 5.74) is -0.681. The molecular weight excluding hydrogens is 718 g/mol. The molecule has 4 bridgehead atoms. The Balaban J connectivity index is 1.77. The molecule has 54 heavy (non-hydrogen) atoms. The SMILES string of the molecule is COc1cc2cc(c1Cl)N(C)CC(C=O)[C@H](OC(=O)[C@H](C)N(C)C(=O)CCC(C)(C)C)[C@]1(C)O[C@H]1[C@H](C)[C@@H]1C[C@@](O)(NC(=O)O1)[C@H](OC)/C=C/C=C(\C)C2. The van der Waals surface area contributed by atoms with Gasteiger partial charge < -0.3 is 43.4 Å². The van der Waals surface area contributed by atoms with E-state index >= 15 is 0 Å². The van der Waals surface area contributed by atoms with Crippen LogP contribution in [0.25, 0.3) is 0 Å². The van der Waals surface area contributed by atoms with Gasteiger partial charge in [-0.1, -0.05) is 63.1 Å². The number of hydrogen-bond acceptors (Lipinski definition) is 11. The first-order chi connectivity index (χ1) is 25.2. The van der Waals surface area contributed by atoms with Gasteiger partial charge in [-0.25, -0.2) is 9.59 Å². The van der Waals surface area contributed by atoms with Gasteiger partial charge in [0.1, 0.15) is 47.0 Å². The maximum absolute atomic E-state index is 13.9. The number of esters is 1. The number of epoxide rings is 1. The van der Waals surface area contributed by atoms with E-state index in [0.717, 1.165) is 17.4 Å². The number of carbonyl (C=O) groups is 4. The molecule has 14 heteroatoms. The molecule has 2 N–H and O–H groups in total. The number of hydrogen-bond donors (Lipinski definition) is 2. The van der Waals surface area contributed by atoms with Crippen molar-refractivity contribution in [2.75, 3.05) is 39.8 Å². The molecule has 13 nitrogen and oxygen atoms in total. The van der Waals surface area contributed by atoms with Gasteiger partial charge in [-0.15, -0.1) is 0 Å². The van der Waals surface area contributed by atoms with Crippen LogP contribution in [0.15, 0.2) is 35.9 Å². The predicted octanol–water partition coefficient (Wildman–Crippen LogP) is 5.24. The van der Waals surface area contributed by atoms with Crippen molar-refractivity contribution in [3.8, 4) is 5.75 Å². The molecule has 1 aromatic rings. The van der Waals surface area contributed by atoms with Crippen LogP contribution >= 0.6 is 11.6 Å². The van der Waals surface area contributed by atoms with Crippen molar-refractivity contribution in [1.29, 1.82) is 0 Å². The van der Waals surface area contributed by atoms with E-state index in [0.29, 0.717) is 29.3 Å². The van der Waals surface area contributed by atoms with Gasteiger partial charge in [-0.3, -0.25) is 10.1 Å². The second-order valence-corrected chi connectivity index (χ2v) is 16.8. The summed E-state index contributed by atoms with van der Waals surface area (Å²) in [5.74, 6) is -1.94. The van der Waals surface area contributed by atoms with Gasteiger partial charge in [0.05, 0.1) is 24.8 Å². The molecule has 4 rings (SSSR count). The molecule has 3 aliphatic heterocycles. The van der Waals surface area contributed by atoms with Crippen LogP contribution in [0.3, 0.4) is 0 Å². The topological polar surface area (TPSA) is 156 Å². The molecular formula is C40H58ClN3O10. The van der Waals surface area contributed by atoms with E-state index in [1.165, 1.54) is 19.1 Å². The van der Waals surface area contributed by atoms with E-state index < -0.39 is 65.7 Å². The molecule has 0 aliphatic carbocycles. The number of aliphatic hydroxyl groups is 1. The third-order valence-corrected chi connectivity index (χ3v) is 11.3. The smallest absolute Gasteiger partial charge is 0.409 e. The number of amides is 2. The van der Waals surface area contributed by atoms with Crippen LogP contribution in [0.4, 0.5) is 10.5 Å². The largest absolute Gasteiger partial charge is 0.495 e. The molecule has 2 saturated heterocycles. The Bertz CT molecular complexity index is 1630. The third-order valence-electron chi connectivity index (χ3n) is 10.9. The standard InChI is InChI=1S/C40H58ClN3O10/c1-23-13-12-14-31(51-11)40(49)20-30(52-37(48)42-40)24(2)34-39(7,54-34)35(53-36(47)25(3)44(9)32(46)15-16-38(4,5)6)27(22-45)21-43(8)28-18-26(17-23)19-29(50-10)33(28)41/h12-14,18-19,22,24-25,27,30-31,34-35,49H,15-17,20-21H2,1-11H3,(H,42,48)/b14-12+,23-13+/t24-,25+,27?,30+,31-,34+,35+,39-,40+/m1/s1. The van der Waals surface area contributed by atoms with E-state index in [2.05, 4.69) is 5.32 Å². The quantitative estimate of drug-likeness (QED) is 0.202. The normalized spacial score (nSPS) is 32.4. The number of nitrogens with zero attached hydrogens (tertiary/aromatic N) is 2. The van der Waals surface area contributed by atoms with Gasteiger partial charge in [0.15, 0.2) is 5.72 Å². The van der Waals surface area contributed by atoms with E-state index in [1.54, 1.807) is 40.1 Å². The number of rotatable bonds is 8. The summed E-state index contributed by atoms with van der Waals surface area (Å²) in [6.45, 7) is 13.3. The summed E-state index contributed by atoms with van der Waals surface area (Å²) in [5, 5.41) is 14.6. The van der Waals surface area contributed by atoms with Gasteiger partial charge in [0.25, 0.3) is 0 Å². The second kappa shape index (κ2) is 17.0. The van der Waals surface area contributed by atoms with Crippen LogP contribution in [0.1, 0.15) is 73.3 Å². The Morgan fingerprint density at radius 3 is 2.56 bits per heavy atom. The first kappa shape index (κ1) is 43.1. The number of benzene rings is 1. The summed E-state index contributed by atoms with van der Waals surface area (Å²) in [7, 11) is 6.31. The van der Waals surface area contributed by atoms with Crippen molar-refractivity contribution in [3.63, 3.8) is 0 Å². The molecule has 0 radical (unpaired) electrons. The van der Waals surface area contributed by atoms with Crippen molar-refractivity contribution < 1.29 is 48.0 Å². The van der Waals surface area contributed by atoms with Gasteiger partial charge in [-0.2, -0.15) is 0 Å². The number of carbonyl (C=O) groups excluding carboxylic acids is 4. The van der Waals surface area contributed by atoms with Crippen molar-refractivity contribution in [1.82, 2.24) is 10.2 Å². The Labute approximate surface area is 324 Å². The van der Waals surface area contributed by atoms with Crippen molar-refractivity contribution in [2.24, 2.45) is 17.3 Å². The highest BCUT2D eigenvalue weighted by Crippen LogP contribution is 2.50. The molecule has 0 spiro atoms. The number of likely N-dealkylation sites (N-methyl/N-ethyl adjacent to an activating group) is 1. The van der Waals surface area contributed by atoms with Crippen LogP contribution < -0.4 is 15.0 Å². The van der Waals surface area contributed by atoms with Gasteiger partial charge >= 0.3 is 12.1 Å². The first-order valence-corrected chi connectivity index (χ1v) is 18.8. The van der Waals surface area contributed by atoms with Crippen LogP contribution in [-0.2, 0) is 39.8 Å².